The van der Waals surface area contributed by atoms with Crippen LogP contribution in [0.3, 0.4) is 0 Å². The average Bonchev–Trinajstić information content (AvgIpc) is 2.28. The van der Waals surface area contributed by atoms with Crippen LogP contribution in [0.5, 0.6) is 0 Å². The fourth-order valence-electron chi connectivity index (χ4n) is 1.57. The van der Waals surface area contributed by atoms with Gasteiger partial charge < -0.3 is 10.0 Å². The fourth-order valence-corrected chi connectivity index (χ4v) is 2.65. The molecule has 1 N–H and O–H groups in total. The molecule has 3 nitrogen and oxygen atoms in total. The minimum absolute atomic E-state index is 0.0197. The lowest BCUT2D eigenvalue weighted by Crippen LogP contribution is -2.21. The second-order valence-corrected chi connectivity index (χ2v) is 5.13. The third-order valence-corrected chi connectivity index (χ3v) is 3.47. The van der Waals surface area contributed by atoms with E-state index < -0.39 is 5.97 Å². The molecule has 2 aliphatic rings. The van der Waals surface area contributed by atoms with Gasteiger partial charge in [0.2, 0.25) is 0 Å². The Kier molecular flexibility index (Phi) is 3.81. The van der Waals surface area contributed by atoms with Crippen molar-refractivity contribution in [3.05, 3.63) is 46.5 Å². The maximum absolute atomic E-state index is 10.6. The predicted molar refractivity (Wildman–Crippen MR) is 73.6 cm³/mol. The van der Waals surface area contributed by atoms with E-state index in [0.717, 1.165) is 21.8 Å². The molecule has 0 amide bonds. The molecular weight excluding hydrogens is 254 g/mol. The lowest BCUT2D eigenvalue weighted by molar-refractivity contribution is -0.137. The summed E-state index contributed by atoms with van der Waals surface area (Å²) in [6.45, 7) is -0.0197. The third kappa shape index (κ3) is 3.31. The summed E-state index contributed by atoms with van der Waals surface area (Å²) in [6.07, 6.45) is 10.2. The molecule has 2 rings (SSSR count). The minimum atomic E-state index is -0.842. The Balaban J connectivity index is 2.13. The van der Waals surface area contributed by atoms with Gasteiger partial charge in [0.15, 0.2) is 0 Å². The molecular formula is C12H11NO2S2. The van der Waals surface area contributed by atoms with E-state index in [1.54, 1.807) is 22.9 Å². The summed E-state index contributed by atoms with van der Waals surface area (Å²) in [6, 6.07) is 0. The molecule has 0 unspecified atom stereocenters. The highest BCUT2D eigenvalue weighted by atomic mass is 32.2. The van der Waals surface area contributed by atoms with Crippen molar-refractivity contribution in [1.82, 2.24) is 4.90 Å². The van der Waals surface area contributed by atoms with E-state index in [4.69, 9.17) is 17.3 Å². The number of thioether (sulfide) groups is 1. The molecule has 0 aromatic heterocycles. The van der Waals surface area contributed by atoms with Gasteiger partial charge in [0.05, 0.1) is 0 Å². The van der Waals surface area contributed by atoms with Crippen molar-refractivity contribution >= 4 is 34.8 Å². The zero-order valence-electron chi connectivity index (χ0n) is 9.00. The zero-order valence-corrected chi connectivity index (χ0v) is 10.6. The van der Waals surface area contributed by atoms with Crippen molar-refractivity contribution in [3.63, 3.8) is 0 Å². The highest BCUT2D eigenvalue weighted by Gasteiger charge is 2.14. The van der Waals surface area contributed by atoms with Crippen LogP contribution in [0.15, 0.2) is 46.5 Å². The Morgan fingerprint density at radius 3 is 3.12 bits per heavy atom. The van der Waals surface area contributed by atoms with Gasteiger partial charge in [-0.25, -0.2) is 0 Å². The van der Waals surface area contributed by atoms with E-state index in [1.807, 2.05) is 29.8 Å². The van der Waals surface area contributed by atoms with Crippen molar-refractivity contribution in [2.24, 2.45) is 0 Å². The lowest BCUT2D eigenvalue weighted by atomic mass is 10.0. The van der Waals surface area contributed by atoms with Gasteiger partial charge in [-0.05, 0) is 17.1 Å². The van der Waals surface area contributed by atoms with Gasteiger partial charge in [0.1, 0.15) is 6.54 Å². The van der Waals surface area contributed by atoms with Crippen LogP contribution in [0.4, 0.5) is 0 Å². The Morgan fingerprint density at radius 1 is 1.59 bits per heavy atom. The standard InChI is InChI=1S/C12H11NO2S2/c14-12(15)8-13-4-5-17-11(7-13)9-2-1-3-10(16)6-9/h1-5,7H,6,8H2,(H,14,15). The van der Waals surface area contributed by atoms with Gasteiger partial charge in [-0.2, -0.15) is 0 Å². The first kappa shape index (κ1) is 12.1. The molecule has 88 valence electrons. The van der Waals surface area contributed by atoms with Crippen LogP contribution in [0.25, 0.3) is 0 Å². The molecule has 1 aliphatic carbocycles. The van der Waals surface area contributed by atoms with E-state index in [-0.39, 0.29) is 6.54 Å². The number of nitrogens with zero attached hydrogens (tertiary/aromatic N) is 1. The summed E-state index contributed by atoms with van der Waals surface area (Å²) < 4.78 is 0. The topological polar surface area (TPSA) is 40.5 Å². The summed E-state index contributed by atoms with van der Waals surface area (Å²) in [4.78, 5) is 14.3. The SMILES string of the molecule is O=C(O)CN1C=CSC(C2=CC=CC(=S)C2)=C1. The lowest BCUT2D eigenvalue weighted by Gasteiger charge is -2.21. The van der Waals surface area contributed by atoms with Gasteiger partial charge >= 0.3 is 5.97 Å². The van der Waals surface area contributed by atoms with Crippen molar-refractivity contribution in [1.29, 1.82) is 0 Å². The minimum Gasteiger partial charge on any atom is -0.480 e. The summed E-state index contributed by atoms with van der Waals surface area (Å²) in [5, 5.41) is 10.6. The fraction of sp³-hybridized carbons (Fsp3) is 0.167. The highest BCUT2D eigenvalue weighted by molar-refractivity contribution is 8.06. The maximum atomic E-state index is 10.6. The predicted octanol–water partition coefficient (Wildman–Crippen LogP) is 2.69. The second kappa shape index (κ2) is 5.33. The molecule has 5 heteroatoms. The van der Waals surface area contributed by atoms with Crippen LogP contribution < -0.4 is 0 Å². The molecule has 1 heterocycles. The number of carbonyl (C=O) groups is 1. The van der Waals surface area contributed by atoms with Gasteiger partial charge in [-0.3, -0.25) is 4.79 Å². The van der Waals surface area contributed by atoms with Gasteiger partial charge in [0, 0.05) is 28.6 Å². The molecule has 1 aliphatic heterocycles. The number of rotatable bonds is 3. The molecule has 0 aromatic carbocycles. The summed E-state index contributed by atoms with van der Waals surface area (Å²) in [5.41, 5.74) is 1.14. The Hall–Kier alpha value is -1.33. The molecule has 17 heavy (non-hydrogen) atoms. The van der Waals surface area contributed by atoms with E-state index in [1.165, 1.54) is 0 Å². The van der Waals surface area contributed by atoms with Gasteiger partial charge in [-0.15, -0.1) is 0 Å². The second-order valence-electron chi connectivity index (χ2n) is 3.66. The molecule has 0 bridgehead atoms. The van der Waals surface area contributed by atoms with Gasteiger partial charge in [0.25, 0.3) is 0 Å². The van der Waals surface area contributed by atoms with E-state index in [9.17, 15) is 4.79 Å². The number of allylic oxidation sites excluding steroid dienone is 4. The number of hydrogen-bond acceptors (Lipinski definition) is 4. The monoisotopic (exact) mass is 265 g/mol. The molecule has 0 saturated heterocycles. The smallest absolute Gasteiger partial charge is 0.323 e. The van der Waals surface area contributed by atoms with E-state index >= 15 is 0 Å². The molecule has 0 atom stereocenters. The zero-order chi connectivity index (χ0) is 12.3. The average molecular weight is 265 g/mol. The first-order chi connectivity index (χ1) is 8.15. The summed E-state index contributed by atoms with van der Waals surface area (Å²) >= 11 is 6.75. The molecule has 0 radical (unpaired) electrons. The third-order valence-electron chi connectivity index (χ3n) is 2.31. The number of thiocarbonyl (C=S) groups is 1. The summed E-state index contributed by atoms with van der Waals surface area (Å²) in [5.74, 6) is -0.842. The van der Waals surface area contributed by atoms with E-state index in [2.05, 4.69) is 0 Å². The Morgan fingerprint density at radius 2 is 2.41 bits per heavy atom. The molecule has 0 aromatic rings. The largest absolute Gasteiger partial charge is 0.480 e. The maximum Gasteiger partial charge on any atom is 0.323 e. The van der Waals surface area contributed by atoms with Crippen LogP contribution in [0.2, 0.25) is 0 Å². The molecule has 0 saturated carbocycles. The number of hydrogen-bond donors (Lipinski definition) is 1. The van der Waals surface area contributed by atoms with E-state index in [0.29, 0.717) is 0 Å². The normalized spacial score (nSPS) is 19.1. The highest BCUT2D eigenvalue weighted by Crippen LogP contribution is 2.32. The first-order valence-electron chi connectivity index (χ1n) is 5.08. The van der Waals surface area contributed by atoms with Crippen LogP contribution in [-0.2, 0) is 4.79 Å². The van der Waals surface area contributed by atoms with Crippen molar-refractivity contribution in [3.8, 4) is 0 Å². The summed E-state index contributed by atoms with van der Waals surface area (Å²) in [7, 11) is 0. The van der Waals surface area contributed by atoms with Crippen LogP contribution >= 0.6 is 24.0 Å². The number of aliphatic carboxylic acids is 1. The van der Waals surface area contributed by atoms with Crippen molar-refractivity contribution < 1.29 is 9.90 Å². The van der Waals surface area contributed by atoms with Crippen LogP contribution in [0.1, 0.15) is 6.42 Å². The van der Waals surface area contributed by atoms with Crippen molar-refractivity contribution in [2.75, 3.05) is 6.54 Å². The first-order valence-corrected chi connectivity index (χ1v) is 6.37. The Labute approximate surface area is 109 Å². The molecule has 0 spiro atoms. The Bertz CT molecular complexity index is 475. The van der Waals surface area contributed by atoms with Crippen LogP contribution in [0, 0.1) is 0 Å². The van der Waals surface area contributed by atoms with Crippen molar-refractivity contribution in [2.45, 2.75) is 6.42 Å². The molecule has 0 fully saturated rings. The van der Waals surface area contributed by atoms with Crippen LogP contribution in [-0.4, -0.2) is 27.4 Å². The van der Waals surface area contributed by atoms with Gasteiger partial charge in [-0.1, -0.05) is 36.1 Å². The number of carboxylic acid groups (broad SMARTS) is 1. The number of carboxylic acids is 1. The quantitative estimate of drug-likeness (QED) is 0.795.